The fourth-order valence-corrected chi connectivity index (χ4v) is 2.94. The number of rotatable bonds is 4. The molecule has 1 amide bonds. The van der Waals surface area contributed by atoms with Crippen molar-refractivity contribution in [1.82, 2.24) is 19.3 Å². The van der Waals surface area contributed by atoms with Crippen LogP contribution in [0.25, 0.3) is 0 Å². The lowest BCUT2D eigenvalue weighted by Crippen LogP contribution is -2.23. The summed E-state index contributed by atoms with van der Waals surface area (Å²) in [6, 6.07) is 2.28. The molecule has 0 bridgehead atoms. The molecule has 1 fully saturated rings. The Morgan fingerprint density at radius 3 is 2.86 bits per heavy atom. The van der Waals surface area contributed by atoms with Crippen LogP contribution in [-0.2, 0) is 11.3 Å². The van der Waals surface area contributed by atoms with E-state index in [9.17, 15) is 4.79 Å². The molecule has 0 aromatic carbocycles. The highest BCUT2D eigenvalue weighted by atomic mass is 16.2. The Morgan fingerprint density at radius 1 is 1.33 bits per heavy atom. The molecule has 3 rings (SSSR count). The van der Waals surface area contributed by atoms with E-state index in [1.807, 2.05) is 28.4 Å². The second kappa shape index (κ2) is 6.11. The van der Waals surface area contributed by atoms with E-state index in [1.165, 1.54) is 19.3 Å². The number of aromatic nitrogens is 4. The summed E-state index contributed by atoms with van der Waals surface area (Å²) in [5.74, 6) is 1.59. The van der Waals surface area contributed by atoms with Crippen molar-refractivity contribution in [2.75, 3.05) is 5.32 Å². The highest BCUT2D eigenvalue weighted by Crippen LogP contribution is 2.29. The molecule has 112 valence electrons. The minimum absolute atomic E-state index is 0.0475. The highest BCUT2D eigenvalue weighted by Gasteiger charge is 2.19. The maximum absolute atomic E-state index is 12.2. The van der Waals surface area contributed by atoms with Crippen LogP contribution in [0.15, 0.2) is 24.7 Å². The van der Waals surface area contributed by atoms with E-state index >= 15 is 0 Å². The SMILES string of the molecule is Cc1nccn1CC(=O)Nc1ccnn1C1CCCCC1. The Labute approximate surface area is 124 Å². The molecule has 0 radical (unpaired) electrons. The summed E-state index contributed by atoms with van der Waals surface area (Å²) < 4.78 is 3.80. The van der Waals surface area contributed by atoms with E-state index in [-0.39, 0.29) is 12.5 Å². The van der Waals surface area contributed by atoms with Crippen LogP contribution in [-0.4, -0.2) is 25.2 Å². The summed E-state index contributed by atoms with van der Waals surface area (Å²) >= 11 is 0. The van der Waals surface area contributed by atoms with E-state index in [1.54, 1.807) is 12.4 Å². The second-order valence-corrected chi connectivity index (χ2v) is 5.60. The number of hydrogen-bond acceptors (Lipinski definition) is 3. The molecule has 0 saturated heterocycles. The van der Waals surface area contributed by atoms with E-state index in [4.69, 9.17) is 0 Å². The fourth-order valence-electron chi connectivity index (χ4n) is 2.94. The van der Waals surface area contributed by atoms with Crippen molar-refractivity contribution in [3.05, 3.63) is 30.5 Å². The Kier molecular flexibility index (Phi) is 4.03. The van der Waals surface area contributed by atoms with Crippen molar-refractivity contribution < 1.29 is 4.79 Å². The minimum Gasteiger partial charge on any atom is -0.326 e. The lowest BCUT2D eigenvalue weighted by atomic mass is 9.96. The van der Waals surface area contributed by atoms with Gasteiger partial charge in [-0.25, -0.2) is 9.67 Å². The van der Waals surface area contributed by atoms with Gasteiger partial charge in [-0.15, -0.1) is 0 Å². The zero-order chi connectivity index (χ0) is 14.7. The normalized spacial score (nSPS) is 16.0. The van der Waals surface area contributed by atoms with Gasteiger partial charge >= 0.3 is 0 Å². The summed E-state index contributed by atoms with van der Waals surface area (Å²) in [6.07, 6.45) is 11.4. The molecule has 0 atom stereocenters. The molecule has 2 heterocycles. The number of aryl methyl sites for hydroxylation is 1. The van der Waals surface area contributed by atoms with E-state index in [0.717, 1.165) is 24.5 Å². The monoisotopic (exact) mass is 287 g/mol. The van der Waals surface area contributed by atoms with Gasteiger partial charge in [-0.3, -0.25) is 4.79 Å². The van der Waals surface area contributed by atoms with Crippen molar-refractivity contribution in [3.8, 4) is 0 Å². The maximum atomic E-state index is 12.2. The predicted molar refractivity (Wildman–Crippen MR) is 79.9 cm³/mol. The van der Waals surface area contributed by atoms with Gasteiger partial charge in [0.15, 0.2) is 0 Å². The number of hydrogen-bond donors (Lipinski definition) is 1. The van der Waals surface area contributed by atoms with Crippen LogP contribution in [0.2, 0.25) is 0 Å². The molecule has 0 unspecified atom stereocenters. The van der Waals surface area contributed by atoms with Crippen LogP contribution in [0.1, 0.15) is 44.0 Å². The van der Waals surface area contributed by atoms with Gasteiger partial charge in [0.05, 0.1) is 12.2 Å². The first-order chi connectivity index (χ1) is 10.2. The van der Waals surface area contributed by atoms with Gasteiger partial charge in [-0.2, -0.15) is 5.10 Å². The first-order valence-corrected chi connectivity index (χ1v) is 7.55. The smallest absolute Gasteiger partial charge is 0.245 e. The largest absolute Gasteiger partial charge is 0.326 e. The van der Waals surface area contributed by atoms with Crippen molar-refractivity contribution in [2.45, 2.75) is 51.6 Å². The summed E-state index contributed by atoms with van der Waals surface area (Å²) in [5.41, 5.74) is 0. The molecule has 1 aliphatic rings. The summed E-state index contributed by atoms with van der Waals surface area (Å²) in [6.45, 7) is 2.17. The lowest BCUT2D eigenvalue weighted by molar-refractivity contribution is -0.116. The van der Waals surface area contributed by atoms with Crippen LogP contribution in [0.3, 0.4) is 0 Å². The average molecular weight is 287 g/mol. The van der Waals surface area contributed by atoms with Crippen LogP contribution < -0.4 is 5.32 Å². The van der Waals surface area contributed by atoms with Crippen LogP contribution >= 0.6 is 0 Å². The average Bonchev–Trinajstić information content (AvgIpc) is 3.10. The molecular formula is C15H21N5O. The Morgan fingerprint density at radius 2 is 2.14 bits per heavy atom. The quantitative estimate of drug-likeness (QED) is 0.939. The molecule has 6 nitrogen and oxygen atoms in total. The van der Waals surface area contributed by atoms with Crippen LogP contribution in [0.4, 0.5) is 5.82 Å². The molecule has 0 spiro atoms. The molecule has 0 aliphatic heterocycles. The van der Waals surface area contributed by atoms with E-state index in [0.29, 0.717) is 6.04 Å². The Hall–Kier alpha value is -2.11. The molecule has 1 saturated carbocycles. The zero-order valence-corrected chi connectivity index (χ0v) is 12.3. The summed E-state index contributed by atoms with van der Waals surface area (Å²) in [7, 11) is 0. The third-order valence-electron chi connectivity index (χ3n) is 4.10. The number of carbonyl (C=O) groups is 1. The molecule has 2 aromatic heterocycles. The van der Waals surface area contributed by atoms with E-state index < -0.39 is 0 Å². The number of nitrogens with zero attached hydrogens (tertiary/aromatic N) is 4. The molecule has 2 aromatic rings. The molecular weight excluding hydrogens is 266 g/mol. The third-order valence-corrected chi connectivity index (χ3v) is 4.10. The predicted octanol–water partition coefficient (Wildman–Crippen LogP) is 2.53. The first kappa shape index (κ1) is 13.9. The standard InChI is InChI=1S/C15H21N5O/c1-12-16-9-10-19(12)11-15(21)18-14-7-8-17-20(14)13-5-3-2-4-6-13/h7-10,13H,2-6,11H2,1H3,(H,18,21). The van der Waals surface area contributed by atoms with Crippen molar-refractivity contribution >= 4 is 11.7 Å². The van der Waals surface area contributed by atoms with E-state index in [2.05, 4.69) is 15.4 Å². The Balaban J connectivity index is 1.66. The first-order valence-electron chi connectivity index (χ1n) is 7.55. The Bertz CT molecular complexity index is 609. The minimum atomic E-state index is -0.0475. The summed E-state index contributed by atoms with van der Waals surface area (Å²) in [4.78, 5) is 16.3. The summed E-state index contributed by atoms with van der Waals surface area (Å²) in [5, 5.41) is 7.36. The number of amides is 1. The molecule has 1 aliphatic carbocycles. The third kappa shape index (κ3) is 3.15. The van der Waals surface area contributed by atoms with Crippen molar-refractivity contribution in [2.24, 2.45) is 0 Å². The van der Waals surface area contributed by atoms with Gasteiger partial charge in [0.1, 0.15) is 18.2 Å². The van der Waals surface area contributed by atoms with Gasteiger partial charge < -0.3 is 9.88 Å². The van der Waals surface area contributed by atoms with Crippen molar-refractivity contribution in [3.63, 3.8) is 0 Å². The molecule has 6 heteroatoms. The number of imidazole rings is 1. The van der Waals surface area contributed by atoms with Gasteiger partial charge in [-0.05, 0) is 19.8 Å². The lowest BCUT2D eigenvalue weighted by Gasteiger charge is -2.23. The fraction of sp³-hybridized carbons (Fsp3) is 0.533. The topological polar surface area (TPSA) is 64.7 Å². The maximum Gasteiger partial charge on any atom is 0.245 e. The number of carbonyl (C=O) groups excluding carboxylic acids is 1. The van der Waals surface area contributed by atoms with Gasteiger partial charge in [0, 0.05) is 18.5 Å². The molecule has 1 N–H and O–H groups in total. The van der Waals surface area contributed by atoms with Crippen LogP contribution in [0, 0.1) is 6.92 Å². The van der Waals surface area contributed by atoms with Gasteiger partial charge in [0.2, 0.25) is 5.91 Å². The van der Waals surface area contributed by atoms with Gasteiger partial charge in [0.25, 0.3) is 0 Å². The zero-order valence-electron chi connectivity index (χ0n) is 12.3. The van der Waals surface area contributed by atoms with Crippen LogP contribution in [0.5, 0.6) is 0 Å². The second-order valence-electron chi connectivity index (χ2n) is 5.60. The highest BCUT2D eigenvalue weighted by molar-refractivity contribution is 5.89. The number of anilines is 1. The van der Waals surface area contributed by atoms with Gasteiger partial charge in [-0.1, -0.05) is 19.3 Å². The van der Waals surface area contributed by atoms with Crippen molar-refractivity contribution in [1.29, 1.82) is 0 Å². The molecule has 21 heavy (non-hydrogen) atoms. The number of nitrogens with one attached hydrogen (secondary N) is 1.